The van der Waals surface area contributed by atoms with Crippen LogP contribution in [0.1, 0.15) is 141 Å². The molecule has 0 atom stereocenters. The molecule has 0 amide bonds. The Morgan fingerprint density at radius 1 is 0.571 bits per heavy atom. The topological polar surface area (TPSA) is 26.0 Å². The molecule has 1 nitrogen and oxygen atoms in total. The first-order valence-electron chi connectivity index (χ1n) is 21.3. The summed E-state index contributed by atoms with van der Waals surface area (Å²) in [5.41, 5.74) is 25.6. The van der Waals surface area contributed by atoms with Crippen LogP contribution in [0.4, 0.5) is 5.69 Å². The number of nitrogens with two attached hydrogens (primary N) is 1. The molecule has 0 aliphatic heterocycles. The van der Waals surface area contributed by atoms with E-state index in [9.17, 15) is 0 Å². The summed E-state index contributed by atoms with van der Waals surface area (Å²) in [6, 6.07) is 20.2. The Kier molecular flexibility index (Phi) is 18.4. The third kappa shape index (κ3) is 11.6. The highest BCUT2D eigenvalue weighted by molar-refractivity contribution is 5.83. The number of benzene rings is 3. The number of nitrogen functional groups attached to an aromatic ring is 1. The minimum absolute atomic E-state index is 0.0581. The molecule has 0 heterocycles. The summed E-state index contributed by atoms with van der Waals surface area (Å²) < 4.78 is 0. The molecule has 1 aliphatic carbocycles. The molecular weight excluding hydrogens is 675 g/mol. The second kappa shape index (κ2) is 22.6. The van der Waals surface area contributed by atoms with Crippen molar-refractivity contribution in [3.8, 4) is 11.1 Å². The largest absolute Gasteiger partial charge is 0.399 e. The first-order chi connectivity index (χ1) is 27.0. The lowest BCUT2D eigenvalue weighted by atomic mass is 9.81. The van der Waals surface area contributed by atoms with E-state index in [1.165, 1.54) is 77.9 Å². The maximum Gasteiger partial charge on any atom is 0.0316 e. The van der Waals surface area contributed by atoms with Gasteiger partial charge in [0.2, 0.25) is 0 Å². The number of aryl methyl sites for hydroxylation is 2. The smallest absolute Gasteiger partial charge is 0.0316 e. The number of rotatable bonds is 17. The molecule has 3 aromatic rings. The van der Waals surface area contributed by atoms with Crippen molar-refractivity contribution in [2.75, 3.05) is 5.73 Å². The minimum Gasteiger partial charge on any atom is -0.399 e. The van der Waals surface area contributed by atoms with Gasteiger partial charge in [0.1, 0.15) is 0 Å². The quantitative estimate of drug-likeness (QED) is 0.108. The molecule has 0 saturated heterocycles. The van der Waals surface area contributed by atoms with Gasteiger partial charge in [-0.25, -0.2) is 0 Å². The molecular formula is C55H71N. The molecule has 1 heteroatoms. The second-order valence-electron chi connectivity index (χ2n) is 15.0. The van der Waals surface area contributed by atoms with Gasteiger partial charge in [-0.05, 0) is 141 Å². The van der Waals surface area contributed by atoms with E-state index in [-0.39, 0.29) is 5.41 Å². The van der Waals surface area contributed by atoms with Crippen molar-refractivity contribution >= 4 is 17.8 Å². The highest BCUT2D eigenvalue weighted by atomic mass is 14.5. The third-order valence-electron chi connectivity index (χ3n) is 11.3. The van der Waals surface area contributed by atoms with Crippen LogP contribution < -0.4 is 5.73 Å². The Morgan fingerprint density at radius 3 is 1.59 bits per heavy atom. The van der Waals surface area contributed by atoms with Crippen LogP contribution in [0.3, 0.4) is 0 Å². The molecule has 0 fully saturated rings. The third-order valence-corrected chi connectivity index (χ3v) is 11.3. The van der Waals surface area contributed by atoms with Crippen molar-refractivity contribution in [3.05, 3.63) is 183 Å². The Hall–Kier alpha value is -4.88. The van der Waals surface area contributed by atoms with E-state index in [0.717, 1.165) is 57.1 Å². The van der Waals surface area contributed by atoms with Crippen molar-refractivity contribution in [2.24, 2.45) is 0 Å². The van der Waals surface area contributed by atoms with Gasteiger partial charge in [-0.2, -0.15) is 0 Å². The van der Waals surface area contributed by atoms with Crippen molar-refractivity contribution in [3.63, 3.8) is 0 Å². The predicted molar refractivity (Wildman–Crippen MR) is 253 cm³/mol. The van der Waals surface area contributed by atoms with E-state index in [4.69, 9.17) is 5.73 Å². The Labute approximate surface area is 342 Å². The lowest BCUT2D eigenvalue weighted by molar-refractivity contribution is 0.660. The Balaban J connectivity index is 0.000000655. The molecule has 4 rings (SSSR count). The van der Waals surface area contributed by atoms with Crippen LogP contribution in [0.25, 0.3) is 23.3 Å². The molecule has 0 spiro atoms. The summed E-state index contributed by atoms with van der Waals surface area (Å²) in [6.07, 6.45) is 30.2. The standard InChI is InChI=1S/C45H56.C10H15N/c1-11-21-36(14-4)40(18-8)30-34-26-29-42-41-28-25-33(31-43(41)45(9,10)44(42)32-34)24-27-39(17-7)38(16-6)23-20-19-22-37(15-5)35(12-2)13-3;1-3-8-5-6-10(11)7-9(8)4-2/h11-12,19-32H,1-2,13-18H2,3-10H3;5-7H,3-4,11H2,1-2H3/b22-19-,23-20+,27-24-,36-21-,37-35+,39-38-,40-30-;. The van der Waals surface area contributed by atoms with E-state index in [2.05, 4.69) is 180 Å². The van der Waals surface area contributed by atoms with Gasteiger partial charge < -0.3 is 5.73 Å². The summed E-state index contributed by atoms with van der Waals surface area (Å²) in [6.45, 7) is 30.3. The molecule has 296 valence electrons. The normalized spacial score (nSPS) is 14.7. The number of allylic oxidation sites excluding steroid dienone is 14. The first-order valence-corrected chi connectivity index (χ1v) is 21.3. The summed E-state index contributed by atoms with van der Waals surface area (Å²) in [7, 11) is 0. The summed E-state index contributed by atoms with van der Waals surface area (Å²) in [5.74, 6) is 0. The summed E-state index contributed by atoms with van der Waals surface area (Å²) in [5, 5.41) is 0. The van der Waals surface area contributed by atoms with Crippen LogP contribution in [0.5, 0.6) is 0 Å². The van der Waals surface area contributed by atoms with Gasteiger partial charge in [-0.1, -0.05) is 186 Å². The molecule has 0 unspecified atom stereocenters. The van der Waals surface area contributed by atoms with Crippen LogP contribution in [0.15, 0.2) is 150 Å². The molecule has 0 bridgehead atoms. The van der Waals surface area contributed by atoms with E-state index >= 15 is 0 Å². The van der Waals surface area contributed by atoms with Crippen LogP contribution >= 0.6 is 0 Å². The highest BCUT2D eigenvalue weighted by Gasteiger charge is 2.35. The van der Waals surface area contributed by atoms with E-state index in [1.54, 1.807) is 0 Å². The van der Waals surface area contributed by atoms with Crippen molar-refractivity contribution in [1.29, 1.82) is 0 Å². The fraction of sp³-hybridized carbons (Fsp3) is 0.345. The zero-order valence-corrected chi connectivity index (χ0v) is 36.6. The van der Waals surface area contributed by atoms with Gasteiger partial charge in [-0.15, -0.1) is 0 Å². The summed E-state index contributed by atoms with van der Waals surface area (Å²) >= 11 is 0. The van der Waals surface area contributed by atoms with Gasteiger partial charge in [0.05, 0.1) is 0 Å². The monoisotopic (exact) mass is 746 g/mol. The fourth-order valence-corrected chi connectivity index (χ4v) is 7.90. The Bertz CT molecular complexity index is 2030. The van der Waals surface area contributed by atoms with Crippen LogP contribution in [-0.2, 0) is 18.3 Å². The second-order valence-corrected chi connectivity index (χ2v) is 15.0. The van der Waals surface area contributed by atoms with E-state index < -0.39 is 0 Å². The van der Waals surface area contributed by atoms with Crippen molar-refractivity contribution in [1.82, 2.24) is 0 Å². The minimum atomic E-state index is -0.0581. The maximum absolute atomic E-state index is 5.66. The molecule has 3 aromatic carbocycles. The number of anilines is 1. The molecule has 2 N–H and O–H groups in total. The first kappa shape index (κ1) is 45.5. The molecule has 0 saturated carbocycles. The van der Waals surface area contributed by atoms with Crippen molar-refractivity contribution < 1.29 is 0 Å². The molecule has 0 aromatic heterocycles. The van der Waals surface area contributed by atoms with Gasteiger partial charge in [0.25, 0.3) is 0 Å². The summed E-state index contributed by atoms with van der Waals surface area (Å²) in [4.78, 5) is 0. The molecule has 1 aliphatic rings. The molecule has 0 radical (unpaired) electrons. The lowest BCUT2D eigenvalue weighted by Crippen LogP contribution is -2.15. The van der Waals surface area contributed by atoms with E-state index in [1.807, 2.05) is 18.2 Å². The Morgan fingerprint density at radius 2 is 1.09 bits per heavy atom. The fourth-order valence-electron chi connectivity index (χ4n) is 7.90. The zero-order chi connectivity index (χ0) is 41.3. The van der Waals surface area contributed by atoms with Gasteiger partial charge in [-0.3, -0.25) is 0 Å². The van der Waals surface area contributed by atoms with Gasteiger partial charge >= 0.3 is 0 Å². The average Bonchev–Trinajstić information content (AvgIpc) is 3.44. The van der Waals surface area contributed by atoms with Crippen LogP contribution in [0, 0.1) is 0 Å². The lowest BCUT2D eigenvalue weighted by Gasteiger charge is -2.22. The van der Waals surface area contributed by atoms with Crippen LogP contribution in [-0.4, -0.2) is 0 Å². The van der Waals surface area contributed by atoms with Crippen molar-refractivity contribution in [2.45, 2.75) is 126 Å². The zero-order valence-electron chi connectivity index (χ0n) is 36.6. The average molecular weight is 746 g/mol. The SMILES string of the molecule is C=C/C=C(CC)\C(=C/c1ccc2c(c1)C(C)(C)c1cc(\C=C/C(CC)=C(\C=C\C=C/C(CC)=C(\C=C)CC)CC)ccc1-2)CC.CCc1ccc(N)cc1CC. The number of hydrogen-bond donors (Lipinski definition) is 1. The number of hydrogen-bond acceptors (Lipinski definition) is 1. The highest BCUT2D eigenvalue weighted by Crippen LogP contribution is 2.49. The number of fused-ring (bicyclic) bond motifs is 3. The predicted octanol–water partition coefficient (Wildman–Crippen LogP) is 16.2. The van der Waals surface area contributed by atoms with Crippen LogP contribution in [0.2, 0.25) is 0 Å². The maximum atomic E-state index is 5.66. The van der Waals surface area contributed by atoms with E-state index in [0.29, 0.717) is 0 Å². The van der Waals surface area contributed by atoms with Gasteiger partial charge in [0.15, 0.2) is 0 Å². The molecule has 56 heavy (non-hydrogen) atoms. The van der Waals surface area contributed by atoms with Gasteiger partial charge in [0, 0.05) is 11.1 Å².